The zero-order valence-electron chi connectivity index (χ0n) is 13.9. The number of nitrogens with zero attached hydrogens (tertiary/aromatic N) is 2. The molecule has 1 heterocycles. The third kappa shape index (κ3) is 2.71. The minimum atomic E-state index is 1.04. The number of hydrogen-bond donors (Lipinski definition) is 0. The molecule has 1 aromatic heterocycles. The molecule has 0 aliphatic rings. The van der Waals surface area contributed by atoms with E-state index in [0.717, 1.165) is 5.69 Å². The zero-order valence-corrected chi connectivity index (χ0v) is 13.9. The monoisotopic (exact) mass is 280 g/mol. The van der Waals surface area contributed by atoms with Crippen molar-refractivity contribution in [2.24, 2.45) is 12.0 Å². The first-order valence-corrected chi connectivity index (χ1v) is 7.39. The number of allylic oxidation sites excluding steroid dienone is 1. The summed E-state index contributed by atoms with van der Waals surface area (Å²) in [7, 11) is 2.13. The molecular formula is C19H24N2. The molecule has 0 saturated heterocycles. The van der Waals surface area contributed by atoms with E-state index in [1.165, 1.54) is 33.6 Å². The van der Waals surface area contributed by atoms with Crippen LogP contribution in [0.2, 0.25) is 0 Å². The molecule has 0 atom stereocenters. The third-order valence-corrected chi connectivity index (χ3v) is 4.07. The first-order chi connectivity index (χ1) is 10.0. The predicted molar refractivity (Wildman–Crippen MR) is 93.6 cm³/mol. The third-order valence-electron chi connectivity index (χ3n) is 4.07. The minimum absolute atomic E-state index is 1.04. The lowest BCUT2D eigenvalue weighted by molar-refractivity contribution is 0.888. The van der Waals surface area contributed by atoms with Crippen LogP contribution in [0.1, 0.15) is 36.2 Å². The van der Waals surface area contributed by atoms with Gasteiger partial charge < -0.3 is 4.57 Å². The lowest BCUT2D eigenvalue weighted by Gasteiger charge is -2.09. The van der Waals surface area contributed by atoms with E-state index in [1.807, 2.05) is 13.1 Å². The van der Waals surface area contributed by atoms with Crippen LogP contribution in [0.3, 0.4) is 0 Å². The fourth-order valence-electron chi connectivity index (χ4n) is 2.86. The van der Waals surface area contributed by atoms with Gasteiger partial charge in [0.1, 0.15) is 0 Å². The summed E-state index contributed by atoms with van der Waals surface area (Å²) in [6.45, 7) is 10.5. The Hall–Kier alpha value is -2.09. The van der Waals surface area contributed by atoms with Gasteiger partial charge >= 0.3 is 0 Å². The Morgan fingerprint density at radius 2 is 1.81 bits per heavy atom. The predicted octanol–water partition coefficient (Wildman–Crippen LogP) is 5.37. The van der Waals surface area contributed by atoms with Crippen LogP contribution in [0, 0.1) is 20.8 Å². The normalized spacial score (nSPS) is 11.9. The summed E-state index contributed by atoms with van der Waals surface area (Å²) in [4.78, 5) is 4.47. The molecule has 1 aromatic carbocycles. The second-order valence-corrected chi connectivity index (χ2v) is 5.42. The first-order valence-electron chi connectivity index (χ1n) is 7.39. The molecule has 0 spiro atoms. The molecule has 0 saturated carbocycles. The van der Waals surface area contributed by atoms with Crippen molar-refractivity contribution in [3.05, 3.63) is 46.7 Å². The number of aromatic nitrogens is 1. The molecule has 0 aliphatic carbocycles. The van der Waals surface area contributed by atoms with Gasteiger partial charge in [-0.15, -0.1) is 0 Å². The van der Waals surface area contributed by atoms with E-state index in [4.69, 9.17) is 0 Å². The topological polar surface area (TPSA) is 17.3 Å². The summed E-state index contributed by atoms with van der Waals surface area (Å²) in [6.07, 6.45) is 6.13. The highest BCUT2D eigenvalue weighted by molar-refractivity contribution is 5.76. The molecule has 2 nitrogen and oxygen atoms in total. The van der Waals surface area contributed by atoms with E-state index in [9.17, 15) is 0 Å². The lowest BCUT2D eigenvalue weighted by atomic mass is 10.0. The van der Waals surface area contributed by atoms with Crippen molar-refractivity contribution in [3.63, 3.8) is 0 Å². The smallest absolute Gasteiger partial charge is 0.0661 e. The molecule has 110 valence electrons. The van der Waals surface area contributed by atoms with Gasteiger partial charge in [-0.05, 0) is 57.4 Å². The summed E-state index contributed by atoms with van der Waals surface area (Å²) < 4.78 is 2.27. The van der Waals surface area contributed by atoms with Gasteiger partial charge in [-0.2, -0.15) is 0 Å². The van der Waals surface area contributed by atoms with Crippen LogP contribution in [-0.4, -0.2) is 10.8 Å². The molecule has 21 heavy (non-hydrogen) atoms. The standard InChI is InChI=1S/C19H24N2/c1-7-9-17-14(4)19(21(6)15(17)5)16-11-10-13(3)18(12-16)20-8-2/h7-12H,1-6H3/b9-7+,20-8?. The second kappa shape index (κ2) is 6.13. The highest BCUT2D eigenvalue weighted by Gasteiger charge is 2.15. The van der Waals surface area contributed by atoms with Crippen molar-refractivity contribution in [2.45, 2.75) is 34.6 Å². The SMILES string of the molecule is CC=Nc1cc(-c2c(C)c(/C=C/C)c(C)n2C)ccc1C. The van der Waals surface area contributed by atoms with Crippen molar-refractivity contribution in [2.75, 3.05) is 0 Å². The highest BCUT2D eigenvalue weighted by atomic mass is 15.0. The average molecular weight is 280 g/mol. The van der Waals surface area contributed by atoms with E-state index in [1.54, 1.807) is 0 Å². The van der Waals surface area contributed by atoms with Gasteiger partial charge in [0.25, 0.3) is 0 Å². The molecule has 0 bridgehead atoms. The van der Waals surface area contributed by atoms with Crippen molar-refractivity contribution in [1.29, 1.82) is 0 Å². The maximum absolute atomic E-state index is 4.47. The van der Waals surface area contributed by atoms with Gasteiger partial charge in [0.15, 0.2) is 0 Å². The zero-order chi connectivity index (χ0) is 15.6. The van der Waals surface area contributed by atoms with Crippen LogP contribution >= 0.6 is 0 Å². The van der Waals surface area contributed by atoms with E-state index < -0.39 is 0 Å². The summed E-state index contributed by atoms with van der Waals surface area (Å²) in [5.74, 6) is 0. The Kier molecular flexibility index (Phi) is 4.46. The maximum atomic E-state index is 4.47. The van der Waals surface area contributed by atoms with Crippen molar-refractivity contribution >= 4 is 18.0 Å². The molecule has 2 heteroatoms. The quantitative estimate of drug-likeness (QED) is 0.672. The Labute approximate surface area is 127 Å². The minimum Gasteiger partial charge on any atom is -0.347 e. The highest BCUT2D eigenvalue weighted by Crippen LogP contribution is 2.33. The summed E-state index contributed by atoms with van der Waals surface area (Å²) in [6, 6.07) is 6.51. The molecule has 0 aliphatic heterocycles. The number of aryl methyl sites for hydroxylation is 1. The van der Waals surface area contributed by atoms with Crippen LogP contribution in [-0.2, 0) is 7.05 Å². The van der Waals surface area contributed by atoms with Gasteiger partial charge in [-0.25, -0.2) is 0 Å². The Morgan fingerprint density at radius 3 is 2.43 bits per heavy atom. The maximum Gasteiger partial charge on any atom is 0.0661 e. The molecule has 0 N–H and O–H groups in total. The van der Waals surface area contributed by atoms with Crippen LogP contribution in [0.5, 0.6) is 0 Å². The first kappa shape index (κ1) is 15.3. The molecule has 0 unspecified atom stereocenters. The van der Waals surface area contributed by atoms with E-state index in [-0.39, 0.29) is 0 Å². The largest absolute Gasteiger partial charge is 0.347 e. The Bertz CT molecular complexity index is 716. The van der Waals surface area contributed by atoms with Crippen LogP contribution in [0.15, 0.2) is 29.3 Å². The van der Waals surface area contributed by atoms with Gasteiger partial charge in [-0.1, -0.05) is 24.3 Å². The molecule has 2 aromatic rings. The number of benzene rings is 1. The van der Waals surface area contributed by atoms with Crippen LogP contribution < -0.4 is 0 Å². The lowest BCUT2D eigenvalue weighted by Crippen LogP contribution is -1.95. The number of aliphatic imine (C=N–C) groups is 1. The van der Waals surface area contributed by atoms with Crippen LogP contribution in [0.4, 0.5) is 5.69 Å². The molecule has 0 fully saturated rings. The van der Waals surface area contributed by atoms with Gasteiger partial charge in [-0.3, -0.25) is 4.99 Å². The van der Waals surface area contributed by atoms with Gasteiger partial charge in [0.2, 0.25) is 0 Å². The van der Waals surface area contributed by atoms with Crippen molar-refractivity contribution in [1.82, 2.24) is 4.57 Å². The fourth-order valence-corrected chi connectivity index (χ4v) is 2.86. The van der Waals surface area contributed by atoms with Gasteiger partial charge in [0, 0.05) is 24.5 Å². The summed E-state index contributed by atoms with van der Waals surface area (Å²) in [5.41, 5.74) is 8.67. The number of rotatable bonds is 3. The molecule has 2 rings (SSSR count). The van der Waals surface area contributed by atoms with E-state index >= 15 is 0 Å². The second-order valence-electron chi connectivity index (χ2n) is 5.42. The fraction of sp³-hybridized carbons (Fsp3) is 0.316. The van der Waals surface area contributed by atoms with Crippen molar-refractivity contribution < 1.29 is 0 Å². The Morgan fingerprint density at radius 1 is 1.10 bits per heavy atom. The van der Waals surface area contributed by atoms with Crippen LogP contribution in [0.25, 0.3) is 17.3 Å². The molecular weight excluding hydrogens is 256 g/mol. The van der Waals surface area contributed by atoms with E-state index in [2.05, 4.69) is 74.7 Å². The summed E-state index contributed by atoms with van der Waals surface area (Å²) in [5, 5.41) is 0. The van der Waals surface area contributed by atoms with Crippen molar-refractivity contribution in [3.8, 4) is 11.3 Å². The Balaban J connectivity index is 2.68. The van der Waals surface area contributed by atoms with Gasteiger partial charge in [0.05, 0.1) is 11.4 Å². The summed E-state index contributed by atoms with van der Waals surface area (Å²) >= 11 is 0. The molecule has 0 radical (unpaired) electrons. The number of hydrogen-bond acceptors (Lipinski definition) is 1. The molecule has 0 amide bonds. The van der Waals surface area contributed by atoms with E-state index in [0.29, 0.717) is 0 Å². The average Bonchev–Trinajstić information content (AvgIpc) is 2.66.